The van der Waals surface area contributed by atoms with E-state index in [2.05, 4.69) is 14.6 Å². The number of ether oxygens (including phenoxy) is 4. The molecular weight excluding hydrogens is 505 g/mol. The molecule has 0 amide bonds. The maximum atomic E-state index is 12.3. The number of alkyl halides is 3. The van der Waals surface area contributed by atoms with Crippen LogP contribution in [0.3, 0.4) is 0 Å². The van der Waals surface area contributed by atoms with E-state index >= 15 is 0 Å². The van der Waals surface area contributed by atoms with E-state index in [1.165, 1.54) is 31.3 Å². The summed E-state index contributed by atoms with van der Waals surface area (Å²) in [7, 11) is 1.39. The number of hydrogen-bond acceptors (Lipinski definition) is 7. The lowest BCUT2D eigenvalue weighted by atomic mass is 10.1. The zero-order chi connectivity index (χ0) is 26.9. The Morgan fingerprint density at radius 2 is 1.68 bits per heavy atom. The van der Waals surface area contributed by atoms with Crippen molar-refractivity contribution < 1.29 is 36.9 Å². The zero-order valence-electron chi connectivity index (χ0n) is 21.0. The third-order valence-electron chi connectivity index (χ3n) is 6.44. The Balaban J connectivity index is 1.07. The van der Waals surface area contributed by atoms with Gasteiger partial charge in [-0.05, 0) is 60.2 Å². The van der Waals surface area contributed by atoms with Crippen LogP contribution < -0.4 is 23.8 Å². The molecule has 9 nitrogen and oxygen atoms in total. The highest BCUT2D eigenvalue weighted by molar-refractivity contribution is 5.49. The second-order valence-corrected chi connectivity index (χ2v) is 9.67. The molecule has 0 N–H and O–H groups in total. The first-order valence-corrected chi connectivity index (χ1v) is 12.2. The molecule has 0 spiro atoms. The summed E-state index contributed by atoms with van der Waals surface area (Å²) in [4.78, 5) is 17.9. The van der Waals surface area contributed by atoms with E-state index in [0.29, 0.717) is 35.5 Å². The molecule has 1 fully saturated rings. The lowest BCUT2D eigenvalue weighted by molar-refractivity contribution is -0.432. The number of nitrogens with zero attached hydrogens (tertiary/aromatic N) is 4. The molecule has 0 bridgehead atoms. The van der Waals surface area contributed by atoms with Crippen LogP contribution in [0.1, 0.15) is 19.8 Å². The highest BCUT2D eigenvalue weighted by atomic mass is 19.4. The van der Waals surface area contributed by atoms with E-state index in [1.807, 2.05) is 31.2 Å². The molecule has 1 saturated heterocycles. The van der Waals surface area contributed by atoms with E-state index < -0.39 is 12.0 Å². The van der Waals surface area contributed by atoms with Crippen LogP contribution >= 0.6 is 0 Å². The minimum atomic E-state index is -4.71. The fourth-order valence-corrected chi connectivity index (χ4v) is 4.55. The van der Waals surface area contributed by atoms with E-state index in [0.717, 1.165) is 37.4 Å². The normalized spacial score (nSPS) is 19.6. The number of hydrogen-bond donors (Lipinski definition) is 0. The zero-order valence-corrected chi connectivity index (χ0v) is 21.0. The Bertz CT molecular complexity index is 1250. The second kappa shape index (κ2) is 10.1. The van der Waals surface area contributed by atoms with Crippen molar-refractivity contribution >= 4 is 11.5 Å². The molecular formula is C26H28F3N4O5+. The molecule has 3 heterocycles. The molecule has 2 aromatic carbocycles. The van der Waals surface area contributed by atoms with Crippen molar-refractivity contribution in [2.45, 2.75) is 44.4 Å². The Morgan fingerprint density at radius 1 is 1.05 bits per heavy atom. The quantitative estimate of drug-likeness (QED) is 0.373. The van der Waals surface area contributed by atoms with Crippen molar-refractivity contribution in [3.05, 3.63) is 59.6 Å². The molecule has 202 valence electrons. The summed E-state index contributed by atoms with van der Waals surface area (Å²) in [6.45, 7) is 4.37. The highest BCUT2D eigenvalue weighted by Gasteiger charge is 2.41. The fraction of sp³-hybridized carbons (Fsp3) is 0.423. The molecule has 12 heteroatoms. The number of fused-ring (bicyclic) bond motifs is 1. The Kier molecular flexibility index (Phi) is 6.80. The largest absolute Gasteiger partial charge is 0.573 e. The summed E-state index contributed by atoms with van der Waals surface area (Å²) >= 11 is 0. The third-order valence-corrected chi connectivity index (χ3v) is 6.44. The lowest BCUT2D eigenvalue weighted by Crippen LogP contribution is -2.38. The molecule has 0 aliphatic carbocycles. The highest BCUT2D eigenvalue weighted by Crippen LogP contribution is 2.32. The van der Waals surface area contributed by atoms with Crippen LogP contribution in [0.25, 0.3) is 0 Å². The molecule has 0 radical (unpaired) electrons. The van der Waals surface area contributed by atoms with Gasteiger partial charge in [-0.3, -0.25) is 4.57 Å². The number of rotatable bonds is 8. The van der Waals surface area contributed by atoms with Gasteiger partial charge in [0.05, 0.1) is 6.54 Å². The van der Waals surface area contributed by atoms with Gasteiger partial charge in [0.25, 0.3) is 0 Å². The molecule has 3 aromatic rings. The third kappa shape index (κ3) is 6.12. The van der Waals surface area contributed by atoms with Gasteiger partial charge in [-0.25, -0.2) is 0 Å². The number of piperidine rings is 1. The minimum absolute atomic E-state index is 0.0183. The summed E-state index contributed by atoms with van der Waals surface area (Å²) in [6, 6.07) is 13.7. The first-order chi connectivity index (χ1) is 18.1. The monoisotopic (exact) mass is 533 g/mol. The Morgan fingerprint density at radius 3 is 2.29 bits per heavy atom. The van der Waals surface area contributed by atoms with Crippen molar-refractivity contribution in [1.29, 1.82) is 0 Å². The summed E-state index contributed by atoms with van der Waals surface area (Å²) < 4.78 is 61.2. The summed E-state index contributed by atoms with van der Waals surface area (Å²) in [6.07, 6.45) is -1.49. The fourth-order valence-electron chi connectivity index (χ4n) is 4.55. The molecule has 38 heavy (non-hydrogen) atoms. The Labute approximate surface area is 217 Å². The standard InChI is InChI=1S/C26H28F3N4O5/c1-25(16-33-15-23(31(2)34)30-24(33)38-25)17-35-19-5-3-18(4-6-19)32-13-11-21(12-14-32)36-20-7-9-22(10-8-20)37-26(27,28)29/h3-10,15,21H,11-14,16-17H2,1-2H3/q+1/t25-/m1/s1. The average molecular weight is 534 g/mol. The van der Waals surface area contributed by atoms with Crippen molar-refractivity contribution in [2.24, 2.45) is 0 Å². The first-order valence-electron chi connectivity index (χ1n) is 12.2. The number of aromatic nitrogens is 2. The second-order valence-electron chi connectivity index (χ2n) is 9.67. The van der Waals surface area contributed by atoms with Gasteiger partial charge < -0.3 is 23.8 Å². The van der Waals surface area contributed by atoms with Crippen molar-refractivity contribution in [2.75, 3.05) is 31.6 Å². The topological polar surface area (TPSA) is 78.1 Å². The van der Waals surface area contributed by atoms with Crippen LogP contribution in [0.2, 0.25) is 0 Å². The maximum absolute atomic E-state index is 12.3. The Hall–Kier alpha value is -3.96. The molecule has 2 aliphatic heterocycles. The van der Waals surface area contributed by atoms with Gasteiger partial charge in [-0.15, -0.1) is 13.2 Å². The molecule has 0 saturated carbocycles. The van der Waals surface area contributed by atoms with Gasteiger partial charge in [-0.1, -0.05) is 4.91 Å². The smallest absolute Gasteiger partial charge is 0.490 e. The van der Waals surface area contributed by atoms with E-state index in [1.54, 1.807) is 10.8 Å². The lowest BCUT2D eigenvalue weighted by Gasteiger charge is -2.33. The number of imidazole rings is 1. The molecule has 2 aliphatic rings. The van der Waals surface area contributed by atoms with Crippen molar-refractivity contribution in [3.63, 3.8) is 0 Å². The first kappa shape index (κ1) is 25.7. The van der Waals surface area contributed by atoms with Crippen LogP contribution in [-0.4, -0.2) is 59.1 Å². The molecule has 5 rings (SSSR count). The van der Waals surface area contributed by atoms with Gasteiger partial charge in [0.2, 0.25) is 0 Å². The average Bonchev–Trinajstić information content (AvgIpc) is 3.40. The van der Waals surface area contributed by atoms with E-state index in [4.69, 9.17) is 14.2 Å². The van der Waals surface area contributed by atoms with Crippen LogP contribution in [0, 0.1) is 4.91 Å². The van der Waals surface area contributed by atoms with Crippen LogP contribution in [0.15, 0.2) is 54.7 Å². The number of nitroso groups, excluding NO2 is 1. The molecule has 0 unspecified atom stereocenters. The van der Waals surface area contributed by atoms with Gasteiger partial charge in [0.15, 0.2) is 5.60 Å². The number of anilines is 1. The number of benzene rings is 2. The molecule has 1 aromatic heterocycles. The van der Waals surface area contributed by atoms with E-state index in [9.17, 15) is 18.1 Å². The van der Waals surface area contributed by atoms with E-state index in [-0.39, 0.29) is 11.9 Å². The van der Waals surface area contributed by atoms with Crippen LogP contribution in [-0.2, 0) is 6.54 Å². The summed E-state index contributed by atoms with van der Waals surface area (Å²) in [5.74, 6) is 1.27. The summed E-state index contributed by atoms with van der Waals surface area (Å²) in [5.41, 5.74) is 0.483. The molecule has 1 atom stereocenters. The van der Waals surface area contributed by atoms with Gasteiger partial charge >= 0.3 is 18.2 Å². The van der Waals surface area contributed by atoms with Crippen molar-refractivity contribution in [1.82, 2.24) is 9.55 Å². The number of halogens is 3. The van der Waals surface area contributed by atoms with Crippen LogP contribution in [0.4, 0.5) is 24.7 Å². The maximum Gasteiger partial charge on any atom is 0.573 e. The predicted molar refractivity (Wildman–Crippen MR) is 131 cm³/mol. The summed E-state index contributed by atoms with van der Waals surface area (Å²) in [5, 5.41) is 0. The van der Waals surface area contributed by atoms with Gasteiger partial charge in [-0.2, -0.15) is 0 Å². The SMILES string of the molecule is C[N+](=O)c1cn2c(n1)O[C@@](C)(COc1ccc(N3CCC(Oc4ccc(OC(F)(F)F)cc4)CC3)cc1)C2. The van der Waals surface area contributed by atoms with Gasteiger partial charge in [0, 0.05) is 36.6 Å². The van der Waals surface area contributed by atoms with Crippen molar-refractivity contribution in [3.8, 4) is 23.3 Å². The predicted octanol–water partition coefficient (Wildman–Crippen LogP) is 5.10. The minimum Gasteiger partial charge on any atom is -0.490 e. The van der Waals surface area contributed by atoms with Gasteiger partial charge in [0.1, 0.15) is 43.2 Å². The van der Waals surface area contributed by atoms with Crippen LogP contribution in [0.5, 0.6) is 23.3 Å².